The van der Waals surface area contributed by atoms with E-state index < -0.39 is 0 Å². The summed E-state index contributed by atoms with van der Waals surface area (Å²) in [7, 11) is 3.17. The number of ether oxygens (including phenoxy) is 2. The quantitative estimate of drug-likeness (QED) is 0.884. The van der Waals surface area contributed by atoms with Crippen LogP contribution < -0.4 is 14.8 Å². The van der Waals surface area contributed by atoms with Crippen molar-refractivity contribution in [3.63, 3.8) is 0 Å². The van der Waals surface area contributed by atoms with Gasteiger partial charge in [0.15, 0.2) is 0 Å². The lowest BCUT2D eigenvalue weighted by Crippen LogP contribution is -2.27. The molecule has 2 heterocycles. The van der Waals surface area contributed by atoms with E-state index in [9.17, 15) is 0 Å². The van der Waals surface area contributed by atoms with Crippen molar-refractivity contribution in [3.8, 4) is 11.8 Å². The standard InChI is InChI=1S/C12H19N3O2S/c1-12(5-4-6-18-12)8-13-11-14-9(16-2)7-10(15-11)17-3/h7H,4-6,8H2,1-3H3,(H,13,14,15). The SMILES string of the molecule is COc1cc(OC)nc(NCC2(C)CCCS2)n1. The number of thioether (sulfide) groups is 1. The molecule has 1 fully saturated rings. The maximum atomic E-state index is 5.12. The highest BCUT2D eigenvalue weighted by molar-refractivity contribution is 8.00. The zero-order valence-electron chi connectivity index (χ0n) is 11.0. The molecule has 1 aliphatic heterocycles. The fourth-order valence-corrected chi connectivity index (χ4v) is 3.18. The van der Waals surface area contributed by atoms with E-state index in [1.54, 1.807) is 20.3 Å². The summed E-state index contributed by atoms with van der Waals surface area (Å²) < 4.78 is 10.5. The highest BCUT2D eigenvalue weighted by Crippen LogP contribution is 2.37. The van der Waals surface area contributed by atoms with Crippen LogP contribution in [0.4, 0.5) is 5.95 Å². The highest BCUT2D eigenvalue weighted by Gasteiger charge is 2.29. The molecular formula is C12H19N3O2S. The lowest BCUT2D eigenvalue weighted by Gasteiger charge is -2.22. The summed E-state index contributed by atoms with van der Waals surface area (Å²) in [5.41, 5.74) is 0. The average molecular weight is 269 g/mol. The second-order valence-corrected chi connectivity index (χ2v) is 6.21. The molecule has 0 spiro atoms. The predicted octanol–water partition coefficient (Wildman–Crippen LogP) is 2.19. The van der Waals surface area contributed by atoms with E-state index in [2.05, 4.69) is 22.2 Å². The molecule has 0 radical (unpaired) electrons. The molecule has 5 nitrogen and oxygen atoms in total. The first-order valence-corrected chi connectivity index (χ1v) is 6.99. The van der Waals surface area contributed by atoms with Gasteiger partial charge in [-0.1, -0.05) is 0 Å². The summed E-state index contributed by atoms with van der Waals surface area (Å²) >= 11 is 2.00. The molecule has 1 saturated heterocycles. The molecule has 18 heavy (non-hydrogen) atoms. The largest absolute Gasteiger partial charge is 0.481 e. The van der Waals surface area contributed by atoms with Gasteiger partial charge in [-0.05, 0) is 25.5 Å². The molecule has 2 rings (SSSR count). The Morgan fingerprint density at radius 1 is 1.33 bits per heavy atom. The van der Waals surface area contributed by atoms with Gasteiger partial charge in [0.25, 0.3) is 0 Å². The molecule has 100 valence electrons. The van der Waals surface area contributed by atoms with Gasteiger partial charge in [0.2, 0.25) is 17.7 Å². The minimum Gasteiger partial charge on any atom is -0.481 e. The molecule has 0 aromatic carbocycles. The van der Waals surface area contributed by atoms with E-state index in [4.69, 9.17) is 9.47 Å². The minimum absolute atomic E-state index is 0.277. The number of rotatable bonds is 5. The zero-order chi connectivity index (χ0) is 13.0. The summed E-state index contributed by atoms with van der Waals surface area (Å²) in [4.78, 5) is 8.52. The third-order valence-electron chi connectivity index (χ3n) is 3.02. The Kier molecular flexibility index (Phi) is 4.16. The molecule has 0 saturated carbocycles. The van der Waals surface area contributed by atoms with Crippen molar-refractivity contribution in [3.05, 3.63) is 6.07 Å². The second kappa shape index (κ2) is 5.65. The molecule has 0 amide bonds. The smallest absolute Gasteiger partial charge is 0.229 e. The number of hydrogen-bond acceptors (Lipinski definition) is 6. The maximum absolute atomic E-state index is 5.12. The fraction of sp³-hybridized carbons (Fsp3) is 0.667. The first-order valence-electron chi connectivity index (χ1n) is 6.00. The minimum atomic E-state index is 0.277. The molecule has 1 aliphatic rings. The predicted molar refractivity (Wildman–Crippen MR) is 73.7 cm³/mol. The molecule has 6 heteroatoms. The van der Waals surface area contributed by atoms with Gasteiger partial charge in [-0.25, -0.2) is 0 Å². The van der Waals surface area contributed by atoms with E-state index >= 15 is 0 Å². The van der Waals surface area contributed by atoms with Gasteiger partial charge in [-0.2, -0.15) is 21.7 Å². The van der Waals surface area contributed by atoms with Gasteiger partial charge in [0, 0.05) is 11.3 Å². The van der Waals surface area contributed by atoms with Crippen molar-refractivity contribution in [1.29, 1.82) is 0 Å². The molecule has 1 aromatic heterocycles. The number of hydrogen-bond donors (Lipinski definition) is 1. The Bertz CT molecular complexity index is 386. The van der Waals surface area contributed by atoms with Crippen LogP contribution in [0.3, 0.4) is 0 Å². The Balaban J connectivity index is 2.04. The van der Waals surface area contributed by atoms with Crippen molar-refractivity contribution in [2.75, 3.05) is 31.8 Å². The Labute approximate surface area is 112 Å². The van der Waals surface area contributed by atoms with Crippen LogP contribution >= 0.6 is 11.8 Å². The van der Waals surface area contributed by atoms with Crippen LogP contribution in [0.1, 0.15) is 19.8 Å². The Morgan fingerprint density at radius 3 is 2.50 bits per heavy atom. The summed E-state index contributed by atoms with van der Waals surface area (Å²) in [6, 6.07) is 1.66. The van der Waals surface area contributed by atoms with Gasteiger partial charge in [-0.3, -0.25) is 0 Å². The summed E-state index contributed by atoms with van der Waals surface area (Å²) in [5, 5.41) is 3.27. The van der Waals surface area contributed by atoms with Crippen LogP contribution in [0.15, 0.2) is 6.07 Å². The van der Waals surface area contributed by atoms with E-state index in [0.717, 1.165) is 6.54 Å². The zero-order valence-corrected chi connectivity index (χ0v) is 11.8. The van der Waals surface area contributed by atoms with Crippen LogP contribution in [0.5, 0.6) is 11.8 Å². The van der Waals surface area contributed by atoms with E-state index in [0.29, 0.717) is 17.7 Å². The summed E-state index contributed by atoms with van der Waals surface area (Å²) in [6.45, 7) is 3.13. The first-order chi connectivity index (χ1) is 8.65. The van der Waals surface area contributed by atoms with Crippen LogP contribution in [0.25, 0.3) is 0 Å². The van der Waals surface area contributed by atoms with Crippen molar-refractivity contribution < 1.29 is 9.47 Å². The van der Waals surface area contributed by atoms with Gasteiger partial charge in [0.1, 0.15) is 0 Å². The summed E-state index contributed by atoms with van der Waals surface area (Å²) in [5.74, 6) is 2.81. The lowest BCUT2D eigenvalue weighted by atomic mass is 10.1. The highest BCUT2D eigenvalue weighted by atomic mass is 32.2. The third-order valence-corrected chi connectivity index (χ3v) is 4.56. The van der Waals surface area contributed by atoms with Crippen LogP contribution in [0.2, 0.25) is 0 Å². The van der Waals surface area contributed by atoms with Crippen molar-refractivity contribution in [2.45, 2.75) is 24.5 Å². The lowest BCUT2D eigenvalue weighted by molar-refractivity contribution is 0.372. The number of nitrogens with zero attached hydrogens (tertiary/aromatic N) is 2. The Hall–Kier alpha value is -1.17. The monoisotopic (exact) mass is 269 g/mol. The maximum Gasteiger partial charge on any atom is 0.229 e. The van der Waals surface area contributed by atoms with Gasteiger partial charge < -0.3 is 14.8 Å². The van der Waals surface area contributed by atoms with Crippen molar-refractivity contribution in [1.82, 2.24) is 9.97 Å². The molecular weight excluding hydrogens is 250 g/mol. The average Bonchev–Trinajstić information content (AvgIpc) is 2.83. The fourth-order valence-electron chi connectivity index (χ4n) is 1.93. The Morgan fingerprint density at radius 2 is 2.00 bits per heavy atom. The first kappa shape index (κ1) is 13.3. The van der Waals surface area contributed by atoms with E-state index in [-0.39, 0.29) is 4.75 Å². The van der Waals surface area contributed by atoms with Gasteiger partial charge in [0.05, 0.1) is 20.3 Å². The number of aromatic nitrogens is 2. The summed E-state index contributed by atoms with van der Waals surface area (Å²) in [6.07, 6.45) is 2.51. The molecule has 0 bridgehead atoms. The number of methoxy groups -OCH3 is 2. The van der Waals surface area contributed by atoms with Crippen LogP contribution in [0, 0.1) is 0 Å². The van der Waals surface area contributed by atoms with E-state index in [1.807, 2.05) is 11.8 Å². The topological polar surface area (TPSA) is 56.3 Å². The molecule has 1 unspecified atom stereocenters. The normalized spacial score (nSPS) is 22.8. The molecule has 0 aliphatic carbocycles. The number of nitrogens with one attached hydrogen (secondary N) is 1. The molecule has 1 aromatic rings. The van der Waals surface area contributed by atoms with Crippen LogP contribution in [-0.4, -0.2) is 41.2 Å². The third kappa shape index (κ3) is 3.19. The van der Waals surface area contributed by atoms with Gasteiger partial charge >= 0.3 is 0 Å². The van der Waals surface area contributed by atoms with E-state index in [1.165, 1.54) is 18.6 Å². The second-order valence-electron chi connectivity index (χ2n) is 4.53. The molecule has 1 N–H and O–H groups in total. The van der Waals surface area contributed by atoms with Crippen molar-refractivity contribution >= 4 is 17.7 Å². The van der Waals surface area contributed by atoms with Crippen molar-refractivity contribution in [2.24, 2.45) is 0 Å². The van der Waals surface area contributed by atoms with Crippen LogP contribution in [-0.2, 0) is 0 Å². The number of anilines is 1. The van der Waals surface area contributed by atoms with Gasteiger partial charge in [-0.15, -0.1) is 0 Å². The molecule has 1 atom stereocenters.